The molecule has 1 aliphatic rings. The summed E-state index contributed by atoms with van der Waals surface area (Å²) in [5.74, 6) is 0.400. The van der Waals surface area contributed by atoms with Crippen molar-refractivity contribution in [1.29, 1.82) is 0 Å². The van der Waals surface area contributed by atoms with Gasteiger partial charge in [-0.15, -0.1) is 11.3 Å². The second-order valence-electron chi connectivity index (χ2n) is 7.30. The first-order valence-corrected chi connectivity index (χ1v) is 10.4. The number of rotatable bonds is 5. The van der Waals surface area contributed by atoms with E-state index in [2.05, 4.69) is 17.6 Å². The Bertz CT molecular complexity index is 831. The second kappa shape index (κ2) is 8.65. The van der Waals surface area contributed by atoms with E-state index in [4.69, 9.17) is 4.98 Å². The SMILES string of the molecule is CC(=O)NCCc1csc([C@H]2CCCN(C(=O)c3ccc(C)c(C)c3)C2)n1. The molecule has 2 aromatic rings. The molecule has 5 nitrogen and oxygen atoms in total. The lowest BCUT2D eigenvalue weighted by Gasteiger charge is -2.32. The Morgan fingerprint density at radius 3 is 2.85 bits per heavy atom. The number of carbonyl (C=O) groups is 2. The summed E-state index contributed by atoms with van der Waals surface area (Å²) in [7, 11) is 0. The van der Waals surface area contributed by atoms with E-state index in [0.29, 0.717) is 12.5 Å². The minimum atomic E-state index is -0.0155. The predicted octanol–water partition coefficient (Wildman–Crippen LogP) is 3.46. The number of thiazole rings is 1. The quantitative estimate of drug-likeness (QED) is 0.857. The van der Waals surface area contributed by atoms with E-state index in [1.54, 1.807) is 11.3 Å². The van der Waals surface area contributed by atoms with Crippen LogP contribution in [0, 0.1) is 13.8 Å². The van der Waals surface area contributed by atoms with Gasteiger partial charge < -0.3 is 10.2 Å². The van der Waals surface area contributed by atoms with E-state index in [1.807, 2.05) is 30.0 Å². The van der Waals surface area contributed by atoms with Gasteiger partial charge in [0.05, 0.1) is 10.7 Å². The molecule has 1 atom stereocenters. The number of hydrogen-bond donors (Lipinski definition) is 1. The summed E-state index contributed by atoms with van der Waals surface area (Å²) in [6, 6.07) is 5.94. The fourth-order valence-electron chi connectivity index (χ4n) is 3.41. The van der Waals surface area contributed by atoms with Crippen LogP contribution >= 0.6 is 11.3 Å². The summed E-state index contributed by atoms with van der Waals surface area (Å²) in [6.07, 6.45) is 2.81. The largest absolute Gasteiger partial charge is 0.356 e. The molecule has 0 unspecified atom stereocenters. The summed E-state index contributed by atoms with van der Waals surface area (Å²) in [5, 5.41) is 5.98. The lowest BCUT2D eigenvalue weighted by molar-refractivity contribution is -0.118. The van der Waals surface area contributed by atoms with Crippen LogP contribution in [0.15, 0.2) is 23.6 Å². The Morgan fingerprint density at radius 1 is 1.30 bits per heavy atom. The molecule has 2 heterocycles. The lowest BCUT2D eigenvalue weighted by atomic mass is 9.97. The third-order valence-corrected chi connectivity index (χ3v) is 6.19. The number of benzene rings is 1. The van der Waals surface area contributed by atoms with E-state index in [1.165, 1.54) is 12.5 Å². The Morgan fingerprint density at radius 2 is 2.11 bits per heavy atom. The lowest BCUT2D eigenvalue weighted by Crippen LogP contribution is -2.39. The van der Waals surface area contributed by atoms with Gasteiger partial charge in [-0.1, -0.05) is 6.07 Å². The second-order valence-corrected chi connectivity index (χ2v) is 8.19. The number of likely N-dealkylation sites (tertiary alicyclic amines) is 1. The van der Waals surface area contributed by atoms with Crippen molar-refractivity contribution in [3.8, 4) is 0 Å². The van der Waals surface area contributed by atoms with Gasteiger partial charge in [-0.2, -0.15) is 0 Å². The van der Waals surface area contributed by atoms with Crippen molar-refractivity contribution in [3.63, 3.8) is 0 Å². The molecule has 0 spiro atoms. The molecule has 1 N–H and O–H groups in total. The Balaban J connectivity index is 1.63. The Labute approximate surface area is 164 Å². The molecule has 0 aliphatic carbocycles. The van der Waals surface area contributed by atoms with Crippen molar-refractivity contribution in [3.05, 3.63) is 51.0 Å². The average Bonchev–Trinajstić information content (AvgIpc) is 3.12. The van der Waals surface area contributed by atoms with Crippen molar-refractivity contribution in [2.45, 2.75) is 46.0 Å². The molecule has 1 saturated heterocycles. The summed E-state index contributed by atoms with van der Waals surface area (Å²) < 4.78 is 0. The molecular weight excluding hydrogens is 358 g/mol. The van der Waals surface area contributed by atoms with Gasteiger partial charge in [0.25, 0.3) is 5.91 Å². The van der Waals surface area contributed by atoms with Crippen LogP contribution in [0.25, 0.3) is 0 Å². The van der Waals surface area contributed by atoms with Gasteiger partial charge in [-0.05, 0) is 49.9 Å². The highest BCUT2D eigenvalue weighted by Crippen LogP contribution is 2.30. The van der Waals surface area contributed by atoms with Gasteiger partial charge in [0.1, 0.15) is 0 Å². The molecule has 1 aromatic carbocycles. The number of piperidine rings is 1. The van der Waals surface area contributed by atoms with Crippen LogP contribution in [0.4, 0.5) is 0 Å². The van der Waals surface area contributed by atoms with Gasteiger partial charge in [0.15, 0.2) is 0 Å². The fourth-order valence-corrected chi connectivity index (χ4v) is 4.39. The van der Waals surface area contributed by atoms with Crippen LogP contribution in [0.1, 0.15) is 57.9 Å². The zero-order valence-corrected chi connectivity index (χ0v) is 17.1. The predicted molar refractivity (Wildman–Crippen MR) is 108 cm³/mol. The number of amides is 2. The standard InChI is InChI=1S/C21H27N3O2S/c1-14-6-7-17(11-15(14)2)21(26)24-10-4-5-18(12-24)20-23-19(13-27-20)8-9-22-16(3)25/h6-7,11,13,18H,4-5,8-10,12H2,1-3H3,(H,22,25)/t18-/m0/s1. The maximum atomic E-state index is 12.9. The van der Waals surface area contributed by atoms with Crippen molar-refractivity contribution in [2.24, 2.45) is 0 Å². The molecule has 6 heteroatoms. The summed E-state index contributed by atoms with van der Waals surface area (Å²) in [6.45, 7) is 7.78. The van der Waals surface area contributed by atoms with Gasteiger partial charge in [0, 0.05) is 49.8 Å². The molecule has 144 valence electrons. The van der Waals surface area contributed by atoms with Crippen molar-refractivity contribution < 1.29 is 9.59 Å². The van der Waals surface area contributed by atoms with Gasteiger partial charge in [0.2, 0.25) is 5.91 Å². The monoisotopic (exact) mass is 385 g/mol. The highest BCUT2D eigenvalue weighted by atomic mass is 32.1. The zero-order chi connectivity index (χ0) is 19.4. The molecule has 0 saturated carbocycles. The third-order valence-electron chi connectivity index (χ3n) is 5.14. The van der Waals surface area contributed by atoms with Crippen molar-refractivity contribution >= 4 is 23.2 Å². The summed E-state index contributed by atoms with van der Waals surface area (Å²) in [4.78, 5) is 30.6. The van der Waals surface area contributed by atoms with Crippen LogP contribution in [0.2, 0.25) is 0 Å². The van der Waals surface area contributed by atoms with E-state index < -0.39 is 0 Å². The van der Waals surface area contributed by atoms with E-state index >= 15 is 0 Å². The first kappa shape index (κ1) is 19.5. The molecule has 0 radical (unpaired) electrons. The topological polar surface area (TPSA) is 62.3 Å². The molecule has 3 rings (SSSR count). The maximum absolute atomic E-state index is 12.9. The average molecular weight is 386 g/mol. The van der Waals surface area contributed by atoms with Gasteiger partial charge in [-0.25, -0.2) is 4.98 Å². The molecule has 0 bridgehead atoms. The van der Waals surface area contributed by atoms with Crippen LogP contribution in [-0.2, 0) is 11.2 Å². The van der Waals surface area contributed by atoms with Crippen molar-refractivity contribution in [2.75, 3.05) is 19.6 Å². The van der Waals surface area contributed by atoms with Crippen molar-refractivity contribution in [1.82, 2.24) is 15.2 Å². The molecule has 1 aliphatic heterocycles. The van der Waals surface area contributed by atoms with E-state index in [0.717, 1.165) is 54.2 Å². The fraction of sp³-hybridized carbons (Fsp3) is 0.476. The van der Waals surface area contributed by atoms with Crippen LogP contribution < -0.4 is 5.32 Å². The molecule has 1 fully saturated rings. The van der Waals surface area contributed by atoms with Gasteiger partial charge in [-0.3, -0.25) is 9.59 Å². The molecular formula is C21H27N3O2S. The molecule has 2 amide bonds. The minimum Gasteiger partial charge on any atom is -0.356 e. The zero-order valence-electron chi connectivity index (χ0n) is 16.2. The first-order valence-electron chi connectivity index (χ1n) is 9.49. The highest BCUT2D eigenvalue weighted by Gasteiger charge is 2.27. The smallest absolute Gasteiger partial charge is 0.253 e. The van der Waals surface area contributed by atoms with Crippen LogP contribution in [-0.4, -0.2) is 41.3 Å². The number of aromatic nitrogens is 1. The van der Waals surface area contributed by atoms with Crippen LogP contribution in [0.5, 0.6) is 0 Å². The number of aryl methyl sites for hydroxylation is 2. The summed E-state index contributed by atoms with van der Waals surface area (Å²) >= 11 is 1.67. The van der Waals surface area contributed by atoms with Crippen LogP contribution in [0.3, 0.4) is 0 Å². The van der Waals surface area contributed by atoms with E-state index in [9.17, 15) is 9.59 Å². The summed E-state index contributed by atoms with van der Waals surface area (Å²) in [5.41, 5.74) is 4.14. The normalized spacial score (nSPS) is 17.0. The van der Waals surface area contributed by atoms with Gasteiger partial charge >= 0.3 is 0 Å². The first-order chi connectivity index (χ1) is 12.9. The highest BCUT2D eigenvalue weighted by molar-refractivity contribution is 7.09. The number of hydrogen-bond acceptors (Lipinski definition) is 4. The Kier molecular flexibility index (Phi) is 6.26. The molecule has 27 heavy (non-hydrogen) atoms. The maximum Gasteiger partial charge on any atom is 0.253 e. The van der Waals surface area contributed by atoms with E-state index in [-0.39, 0.29) is 11.8 Å². The number of nitrogens with one attached hydrogen (secondary N) is 1. The molecule has 1 aromatic heterocycles. The minimum absolute atomic E-state index is 0.0155. The Hall–Kier alpha value is -2.21. The number of nitrogens with zero attached hydrogens (tertiary/aromatic N) is 2. The third kappa shape index (κ3) is 4.95. The number of carbonyl (C=O) groups excluding carboxylic acids is 2.